The zero-order valence-corrected chi connectivity index (χ0v) is 19.1. The zero-order chi connectivity index (χ0) is 18.8. The van der Waals surface area contributed by atoms with E-state index in [2.05, 4.69) is 27.0 Å². The van der Waals surface area contributed by atoms with Gasteiger partial charge in [-0.3, -0.25) is 4.99 Å². The molecule has 1 aromatic rings. The molecular weight excluding hydrogens is 458 g/mol. The van der Waals surface area contributed by atoms with E-state index in [1.54, 1.807) is 19.2 Å². The molecule has 7 heteroatoms. The summed E-state index contributed by atoms with van der Waals surface area (Å²) in [4.78, 5) is 8.94. The van der Waals surface area contributed by atoms with Crippen molar-refractivity contribution in [2.75, 3.05) is 53.4 Å². The fraction of sp³-hybridized carbons (Fsp3) is 0.650. The molecule has 0 aromatic heterocycles. The maximum Gasteiger partial charge on any atom is 0.193 e. The second-order valence-corrected chi connectivity index (χ2v) is 6.86. The van der Waals surface area contributed by atoms with Crippen LogP contribution in [-0.2, 0) is 0 Å². The number of likely N-dealkylation sites (tertiary alicyclic amines) is 1. The Kier molecular flexibility index (Phi) is 11.7. The van der Waals surface area contributed by atoms with E-state index in [-0.39, 0.29) is 29.8 Å². The smallest absolute Gasteiger partial charge is 0.193 e. The highest BCUT2D eigenvalue weighted by Gasteiger charge is 2.17. The molecule has 1 N–H and O–H groups in total. The lowest BCUT2D eigenvalue weighted by molar-refractivity contribution is 0.187. The van der Waals surface area contributed by atoms with Crippen molar-refractivity contribution in [3.63, 3.8) is 0 Å². The molecule has 0 radical (unpaired) electrons. The van der Waals surface area contributed by atoms with Gasteiger partial charge in [-0.05, 0) is 69.1 Å². The maximum atomic E-state index is 12.9. The van der Waals surface area contributed by atoms with Crippen molar-refractivity contribution < 1.29 is 9.13 Å². The lowest BCUT2D eigenvalue weighted by Gasteiger charge is -2.31. The molecule has 0 bridgehead atoms. The van der Waals surface area contributed by atoms with Gasteiger partial charge in [-0.2, -0.15) is 0 Å². The van der Waals surface area contributed by atoms with Crippen molar-refractivity contribution in [1.82, 2.24) is 15.1 Å². The van der Waals surface area contributed by atoms with Gasteiger partial charge in [0.25, 0.3) is 0 Å². The first-order valence-electron chi connectivity index (χ1n) is 9.65. The normalized spacial score (nSPS) is 15.9. The van der Waals surface area contributed by atoms with Gasteiger partial charge in [-0.25, -0.2) is 4.39 Å². The van der Waals surface area contributed by atoms with Crippen LogP contribution in [0.1, 0.15) is 26.2 Å². The summed E-state index contributed by atoms with van der Waals surface area (Å²) in [5.74, 6) is 2.13. The average molecular weight is 492 g/mol. The highest BCUT2D eigenvalue weighted by molar-refractivity contribution is 14.0. The Hall–Kier alpha value is -1.09. The van der Waals surface area contributed by atoms with Crippen LogP contribution in [0.5, 0.6) is 5.75 Å². The number of aliphatic imine (C=N–C) groups is 1. The summed E-state index contributed by atoms with van der Waals surface area (Å²) in [6, 6.07) is 6.10. The molecule has 0 atom stereocenters. The number of ether oxygens (including phenoxy) is 1. The molecule has 5 nitrogen and oxygen atoms in total. The van der Waals surface area contributed by atoms with E-state index in [4.69, 9.17) is 4.74 Å². The Balaban J connectivity index is 0.00000364. The summed E-state index contributed by atoms with van der Waals surface area (Å²) in [6.07, 6.45) is 3.79. The molecule has 0 spiro atoms. The Morgan fingerprint density at radius 2 is 1.96 bits per heavy atom. The monoisotopic (exact) mass is 492 g/mol. The van der Waals surface area contributed by atoms with Gasteiger partial charge in [-0.15, -0.1) is 24.0 Å². The molecule has 0 amide bonds. The second kappa shape index (κ2) is 13.1. The van der Waals surface area contributed by atoms with Gasteiger partial charge in [-0.1, -0.05) is 6.92 Å². The molecule has 0 aliphatic carbocycles. The summed E-state index contributed by atoms with van der Waals surface area (Å²) in [5, 5.41) is 3.45. The molecule has 1 fully saturated rings. The number of hydrogen-bond donors (Lipinski definition) is 1. The quantitative estimate of drug-likeness (QED) is 0.343. The molecule has 0 saturated carbocycles. The number of halogens is 2. The first-order valence-corrected chi connectivity index (χ1v) is 9.65. The van der Waals surface area contributed by atoms with Crippen molar-refractivity contribution in [1.29, 1.82) is 0 Å². The highest BCUT2D eigenvalue weighted by atomic mass is 127. The van der Waals surface area contributed by atoms with E-state index in [0.29, 0.717) is 18.9 Å². The van der Waals surface area contributed by atoms with Crippen molar-refractivity contribution in [3.05, 3.63) is 30.1 Å². The number of nitrogens with one attached hydrogen (secondary N) is 1. The third kappa shape index (κ3) is 8.64. The molecule has 0 unspecified atom stereocenters. The first-order chi connectivity index (χ1) is 12.6. The van der Waals surface area contributed by atoms with E-state index < -0.39 is 0 Å². The highest BCUT2D eigenvalue weighted by Crippen LogP contribution is 2.19. The number of piperidine rings is 1. The van der Waals surface area contributed by atoms with E-state index in [9.17, 15) is 4.39 Å². The number of guanidine groups is 1. The zero-order valence-electron chi connectivity index (χ0n) is 16.8. The Morgan fingerprint density at radius 1 is 1.30 bits per heavy atom. The number of benzene rings is 1. The van der Waals surface area contributed by atoms with Crippen molar-refractivity contribution >= 4 is 29.9 Å². The molecular formula is C20H34FIN4O. The van der Waals surface area contributed by atoms with Crippen LogP contribution in [0, 0.1) is 11.7 Å². The van der Waals surface area contributed by atoms with E-state index in [0.717, 1.165) is 18.4 Å². The predicted octanol–water partition coefficient (Wildman–Crippen LogP) is 3.45. The Bertz CT molecular complexity index is 547. The van der Waals surface area contributed by atoms with Gasteiger partial charge < -0.3 is 19.9 Å². The average Bonchev–Trinajstić information content (AvgIpc) is 2.67. The number of rotatable bonds is 8. The van der Waals surface area contributed by atoms with Crippen LogP contribution in [0.4, 0.5) is 4.39 Å². The number of likely N-dealkylation sites (N-methyl/N-ethyl adjacent to an activating group) is 1. The first kappa shape index (κ1) is 23.9. The second-order valence-electron chi connectivity index (χ2n) is 6.86. The fourth-order valence-electron chi connectivity index (χ4n) is 3.30. The van der Waals surface area contributed by atoms with Crippen molar-refractivity contribution in [2.24, 2.45) is 10.9 Å². The predicted molar refractivity (Wildman–Crippen MR) is 121 cm³/mol. The standard InChI is InChI=1S/C20H33FN4O.HI/c1-4-25-13-10-17(11-14-25)9-12-23-20(22-2)24(3)15-16-26-19-7-5-18(21)6-8-19;/h5-8,17H,4,9-16H2,1-3H3,(H,22,23);1H. The van der Waals surface area contributed by atoms with E-state index in [1.165, 1.54) is 51.0 Å². The largest absolute Gasteiger partial charge is 0.492 e. The SMILES string of the molecule is CCN1CCC(CCNC(=NC)N(C)CCOc2ccc(F)cc2)CC1.I. The third-order valence-electron chi connectivity index (χ3n) is 5.07. The van der Waals surface area contributed by atoms with Crippen LogP contribution in [0.15, 0.2) is 29.3 Å². The van der Waals surface area contributed by atoms with Gasteiger partial charge >= 0.3 is 0 Å². The van der Waals surface area contributed by atoms with E-state index in [1.807, 2.05) is 7.05 Å². The van der Waals surface area contributed by atoms with Crippen LogP contribution in [0.3, 0.4) is 0 Å². The van der Waals surface area contributed by atoms with Gasteiger partial charge in [0.05, 0.1) is 6.54 Å². The lowest BCUT2D eigenvalue weighted by Crippen LogP contribution is -2.42. The summed E-state index contributed by atoms with van der Waals surface area (Å²) in [7, 11) is 3.81. The molecule has 2 rings (SSSR count). The Labute approximate surface area is 180 Å². The lowest BCUT2D eigenvalue weighted by atomic mass is 9.93. The summed E-state index contributed by atoms with van der Waals surface area (Å²) < 4.78 is 18.5. The van der Waals surface area contributed by atoms with E-state index >= 15 is 0 Å². The van der Waals surface area contributed by atoms with Gasteiger partial charge in [0.15, 0.2) is 5.96 Å². The van der Waals surface area contributed by atoms with Gasteiger partial charge in [0, 0.05) is 20.6 Å². The minimum absolute atomic E-state index is 0. The molecule has 1 saturated heterocycles. The molecule has 1 aliphatic heterocycles. The van der Waals surface area contributed by atoms with Crippen LogP contribution >= 0.6 is 24.0 Å². The minimum Gasteiger partial charge on any atom is -0.492 e. The Morgan fingerprint density at radius 3 is 2.56 bits per heavy atom. The van der Waals surface area contributed by atoms with Gasteiger partial charge in [0.1, 0.15) is 18.2 Å². The van der Waals surface area contributed by atoms with Crippen LogP contribution < -0.4 is 10.1 Å². The third-order valence-corrected chi connectivity index (χ3v) is 5.07. The van der Waals surface area contributed by atoms with Crippen molar-refractivity contribution in [3.8, 4) is 5.75 Å². The fourth-order valence-corrected chi connectivity index (χ4v) is 3.30. The number of hydrogen-bond acceptors (Lipinski definition) is 3. The summed E-state index contributed by atoms with van der Waals surface area (Å²) in [5.41, 5.74) is 0. The summed E-state index contributed by atoms with van der Waals surface area (Å²) in [6.45, 7) is 8.06. The molecule has 154 valence electrons. The molecule has 1 aliphatic rings. The molecule has 1 heterocycles. The van der Waals surface area contributed by atoms with Crippen LogP contribution in [-0.4, -0.2) is 69.2 Å². The van der Waals surface area contributed by atoms with Crippen LogP contribution in [0.25, 0.3) is 0 Å². The molecule has 1 aromatic carbocycles. The molecule has 27 heavy (non-hydrogen) atoms. The van der Waals surface area contributed by atoms with Gasteiger partial charge in [0.2, 0.25) is 0 Å². The van der Waals surface area contributed by atoms with Crippen LogP contribution in [0.2, 0.25) is 0 Å². The number of nitrogens with zero attached hydrogens (tertiary/aromatic N) is 3. The topological polar surface area (TPSA) is 40.1 Å². The minimum atomic E-state index is -0.251. The maximum absolute atomic E-state index is 12.9. The summed E-state index contributed by atoms with van der Waals surface area (Å²) >= 11 is 0. The van der Waals surface area contributed by atoms with Crippen molar-refractivity contribution in [2.45, 2.75) is 26.2 Å².